The van der Waals surface area contributed by atoms with Crippen LogP contribution in [0.15, 0.2) is 11.6 Å². The molecule has 12 N–H and O–H groups in total. The second kappa shape index (κ2) is 18.7. The summed E-state index contributed by atoms with van der Waals surface area (Å²) in [6.07, 6.45) is -15.2. The topological polar surface area (TPSA) is 307 Å². The van der Waals surface area contributed by atoms with Gasteiger partial charge in [0, 0.05) is 24.2 Å². The number of fused-ring (bicyclic) bond motifs is 7. The highest BCUT2D eigenvalue weighted by Crippen LogP contribution is 2.70. The summed E-state index contributed by atoms with van der Waals surface area (Å²) in [5.74, 6) is -0.807. The molecule has 4 aliphatic heterocycles. The van der Waals surface area contributed by atoms with E-state index in [9.17, 15) is 61.3 Å². The van der Waals surface area contributed by atoms with Gasteiger partial charge in [0.1, 0.15) is 67.1 Å². The van der Waals surface area contributed by atoms with E-state index in [-0.39, 0.29) is 41.8 Å². The monoisotopic (exact) mass is 918 g/mol. The number of rotatable bonds is 12. The van der Waals surface area contributed by atoms with Gasteiger partial charge in [0.15, 0.2) is 24.7 Å². The predicted octanol–water partition coefficient (Wildman–Crippen LogP) is -1.86. The van der Waals surface area contributed by atoms with Gasteiger partial charge >= 0.3 is 0 Å². The Hall–Kier alpha value is -1.02. The molecular weight excluding hydrogens is 844 g/mol. The number of hydrogen-bond donors (Lipinski definition) is 12. The zero-order chi connectivity index (χ0) is 46.4. The SMILES string of the molecule is CC(CC[C@@]1(O)O[C@H]2C[C@H]3[C@@H]4CC=C5C[C@@H](O[C@@H]6O[C@H](CO)[C@@H](O)[C@H](O)[C@H]6O)C[C@@H](O)[C@]5(C)[C@H]4CC[C@]3(C)[C@H]2[C@@H]1C)CO[C@@H]1O[C@H](CO)[C@@H](O)[C@H](O)[C@H]1O[C@@H]1O[C@@H](C)[C@H](O)[C@@H](O)[C@H]1O. The number of allylic oxidation sites excluding steroid dienone is 1. The minimum absolute atomic E-state index is 0.0677. The molecule has 4 heterocycles. The lowest BCUT2D eigenvalue weighted by molar-refractivity contribution is -0.365. The third-order valence-corrected chi connectivity index (χ3v) is 17.5. The van der Waals surface area contributed by atoms with Crippen LogP contribution in [-0.4, -0.2) is 197 Å². The van der Waals surface area contributed by atoms with E-state index in [1.165, 1.54) is 6.92 Å². The Morgan fingerprint density at radius 1 is 0.750 bits per heavy atom. The fraction of sp³-hybridized carbons (Fsp3) is 0.956. The zero-order valence-corrected chi connectivity index (χ0v) is 37.4. The van der Waals surface area contributed by atoms with Gasteiger partial charge in [0.25, 0.3) is 0 Å². The fourth-order valence-corrected chi connectivity index (χ4v) is 13.5. The maximum absolute atomic E-state index is 12.2. The molecule has 19 heteroatoms. The van der Waals surface area contributed by atoms with Crippen molar-refractivity contribution in [3.8, 4) is 0 Å². The first-order valence-electron chi connectivity index (χ1n) is 23.5. The molecule has 0 amide bonds. The predicted molar refractivity (Wildman–Crippen MR) is 219 cm³/mol. The summed E-state index contributed by atoms with van der Waals surface area (Å²) in [6.45, 7) is 8.88. The lowest BCUT2D eigenvalue weighted by Gasteiger charge is -2.60. The summed E-state index contributed by atoms with van der Waals surface area (Å²) in [5.41, 5.74) is 0.502. The molecule has 64 heavy (non-hydrogen) atoms. The normalized spacial score (nSPS) is 55.5. The first-order chi connectivity index (χ1) is 30.2. The number of ether oxygens (including phenoxy) is 7. The van der Waals surface area contributed by atoms with Gasteiger partial charge in [-0.3, -0.25) is 0 Å². The number of aliphatic hydroxyl groups is 12. The van der Waals surface area contributed by atoms with Crippen LogP contribution in [0, 0.1) is 46.3 Å². The summed E-state index contributed by atoms with van der Waals surface area (Å²) in [6, 6.07) is 0. The molecule has 1 unspecified atom stereocenters. The Kier molecular flexibility index (Phi) is 14.4. The summed E-state index contributed by atoms with van der Waals surface area (Å²) >= 11 is 0. The van der Waals surface area contributed by atoms with Crippen LogP contribution in [0.3, 0.4) is 0 Å². The van der Waals surface area contributed by atoms with Crippen LogP contribution in [-0.2, 0) is 33.2 Å². The van der Waals surface area contributed by atoms with Crippen molar-refractivity contribution in [1.29, 1.82) is 0 Å². The van der Waals surface area contributed by atoms with E-state index >= 15 is 0 Å². The smallest absolute Gasteiger partial charge is 0.187 e. The molecule has 3 saturated carbocycles. The lowest BCUT2D eigenvalue weighted by atomic mass is 9.46. The summed E-state index contributed by atoms with van der Waals surface area (Å²) in [5, 5.41) is 127. The Balaban J connectivity index is 0.875. The van der Waals surface area contributed by atoms with Crippen molar-refractivity contribution in [2.75, 3.05) is 19.8 Å². The highest BCUT2D eigenvalue weighted by atomic mass is 16.8. The third kappa shape index (κ3) is 8.36. The zero-order valence-electron chi connectivity index (χ0n) is 37.4. The molecule has 0 spiro atoms. The Morgan fingerprint density at radius 3 is 2.05 bits per heavy atom. The summed E-state index contributed by atoms with van der Waals surface area (Å²) in [7, 11) is 0. The third-order valence-electron chi connectivity index (χ3n) is 17.5. The van der Waals surface area contributed by atoms with Crippen molar-refractivity contribution in [3.05, 3.63) is 11.6 Å². The van der Waals surface area contributed by atoms with Gasteiger partial charge < -0.3 is 94.4 Å². The molecule has 4 saturated heterocycles. The molecule has 0 aromatic carbocycles. The van der Waals surface area contributed by atoms with E-state index < -0.39 is 129 Å². The van der Waals surface area contributed by atoms with Crippen LogP contribution in [0.4, 0.5) is 0 Å². The summed E-state index contributed by atoms with van der Waals surface area (Å²) < 4.78 is 41.7. The Labute approximate surface area is 373 Å². The van der Waals surface area contributed by atoms with Crippen molar-refractivity contribution in [1.82, 2.24) is 0 Å². The average molecular weight is 919 g/mol. The average Bonchev–Trinajstić information content (AvgIpc) is 3.70. The molecule has 8 rings (SSSR count). The van der Waals surface area contributed by atoms with E-state index in [1.807, 2.05) is 6.92 Å². The quantitative estimate of drug-likeness (QED) is 0.0956. The maximum Gasteiger partial charge on any atom is 0.187 e. The van der Waals surface area contributed by atoms with Crippen molar-refractivity contribution in [2.24, 2.45) is 46.3 Å². The molecule has 4 aliphatic carbocycles. The van der Waals surface area contributed by atoms with E-state index in [1.54, 1.807) is 0 Å². The second-order valence-electron chi connectivity index (χ2n) is 21.1. The standard InChI is InChI=1S/C45H74O19/c1-18(17-58-42-39(36(54)33(51)28(16-47)62-42)63-40-37(55)34(52)31(49)20(3)59-40)8-11-45(57)19(2)30-26(64-45)14-25-23-7-6-21-12-22(60-41-38(56)35(53)32(50)27(15-46)61-41)13-29(48)44(21,5)24(23)9-10-43(25,30)4/h6,18-20,22-42,46-57H,7-17H2,1-5H3/t18?,19-,20-,22+,23+,24-,25-,26-,27+,28+,29+,30-,31-,32+,33+,34+,35-,36-,37+,38+,39+,40-,41+,42+,43-,44-,45+/m0/s1. The van der Waals surface area contributed by atoms with Crippen LogP contribution in [0.2, 0.25) is 0 Å². The van der Waals surface area contributed by atoms with Gasteiger partial charge in [0.05, 0.1) is 44.2 Å². The second-order valence-corrected chi connectivity index (χ2v) is 21.1. The summed E-state index contributed by atoms with van der Waals surface area (Å²) in [4.78, 5) is 0. The van der Waals surface area contributed by atoms with Gasteiger partial charge in [-0.1, -0.05) is 39.3 Å². The first-order valence-corrected chi connectivity index (χ1v) is 23.5. The van der Waals surface area contributed by atoms with Crippen molar-refractivity contribution in [2.45, 2.75) is 202 Å². The van der Waals surface area contributed by atoms with Crippen molar-refractivity contribution >= 4 is 0 Å². The minimum Gasteiger partial charge on any atom is -0.394 e. The van der Waals surface area contributed by atoms with Crippen molar-refractivity contribution in [3.63, 3.8) is 0 Å². The van der Waals surface area contributed by atoms with Crippen LogP contribution in [0.1, 0.15) is 86.0 Å². The molecule has 19 nitrogen and oxygen atoms in total. The molecular formula is C45H74O19. The molecule has 7 fully saturated rings. The molecule has 0 aromatic rings. The van der Waals surface area contributed by atoms with Gasteiger partial charge in [-0.2, -0.15) is 0 Å². The lowest BCUT2D eigenvalue weighted by Crippen LogP contribution is -2.64. The molecule has 8 aliphatic rings. The van der Waals surface area contributed by atoms with Gasteiger partial charge in [-0.25, -0.2) is 0 Å². The Morgan fingerprint density at radius 2 is 1.38 bits per heavy atom. The van der Waals surface area contributed by atoms with E-state index in [4.69, 9.17) is 33.2 Å². The number of aliphatic hydroxyl groups excluding tert-OH is 11. The van der Waals surface area contributed by atoms with Crippen LogP contribution in [0.5, 0.6) is 0 Å². The highest BCUT2D eigenvalue weighted by molar-refractivity contribution is 5.28. The fourth-order valence-electron chi connectivity index (χ4n) is 13.5. The first kappa shape index (κ1) is 49.4. The molecule has 27 atom stereocenters. The number of hydrogen-bond acceptors (Lipinski definition) is 19. The van der Waals surface area contributed by atoms with E-state index in [0.717, 1.165) is 31.3 Å². The highest BCUT2D eigenvalue weighted by Gasteiger charge is 2.68. The molecule has 0 radical (unpaired) electrons. The largest absolute Gasteiger partial charge is 0.394 e. The van der Waals surface area contributed by atoms with Crippen LogP contribution >= 0.6 is 0 Å². The van der Waals surface area contributed by atoms with Gasteiger partial charge in [-0.05, 0) is 80.5 Å². The molecule has 0 bridgehead atoms. The van der Waals surface area contributed by atoms with Gasteiger partial charge in [-0.15, -0.1) is 0 Å². The molecule has 0 aromatic heterocycles. The van der Waals surface area contributed by atoms with E-state index in [0.29, 0.717) is 37.5 Å². The van der Waals surface area contributed by atoms with Crippen LogP contribution in [0.25, 0.3) is 0 Å². The maximum atomic E-state index is 12.2. The van der Waals surface area contributed by atoms with Crippen LogP contribution < -0.4 is 0 Å². The molecule has 368 valence electrons. The minimum atomic E-state index is -1.68. The Bertz CT molecular complexity index is 1640. The van der Waals surface area contributed by atoms with Crippen molar-refractivity contribution < 1.29 is 94.4 Å². The van der Waals surface area contributed by atoms with E-state index in [2.05, 4.69) is 26.8 Å². The van der Waals surface area contributed by atoms with Gasteiger partial charge in [0.2, 0.25) is 0 Å².